The molecule has 0 saturated carbocycles. The molecule has 1 aromatic carbocycles. The molecule has 0 aliphatic carbocycles. The van der Waals surface area contributed by atoms with Crippen LogP contribution in [0.25, 0.3) is 0 Å². The third kappa shape index (κ3) is 2.58. The summed E-state index contributed by atoms with van der Waals surface area (Å²) in [5.41, 5.74) is 0.532. The molecule has 2 nitrogen and oxygen atoms in total. The van der Waals surface area contributed by atoms with E-state index in [0.29, 0.717) is 5.56 Å². The third-order valence-electron chi connectivity index (χ3n) is 2.54. The highest BCUT2D eigenvalue weighted by atomic mass is 16.1. The molecule has 0 fully saturated rings. The van der Waals surface area contributed by atoms with Gasteiger partial charge in [0.05, 0.1) is 5.92 Å². The molecule has 0 aliphatic rings. The number of hydrogen-bond acceptors (Lipinski definition) is 2. The van der Waals surface area contributed by atoms with Crippen molar-refractivity contribution < 1.29 is 9.59 Å². The maximum atomic E-state index is 12.1. The predicted molar refractivity (Wildman–Crippen MR) is 62.9 cm³/mol. The van der Waals surface area contributed by atoms with E-state index in [-0.39, 0.29) is 17.5 Å². The van der Waals surface area contributed by atoms with Crippen LogP contribution in [0.1, 0.15) is 24.2 Å². The molecule has 16 heavy (non-hydrogen) atoms. The van der Waals surface area contributed by atoms with Gasteiger partial charge < -0.3 is 0 Å². The maximum absolute atomic E-state index is 12.1. The van der Waals surface area contributed by atoms with Crippen LogP contribution >= 0.6 is 0 Å². The van der Waals surface area contributed by atoms with Crippen LogP contribution < -0.4 is 0 Å². The third-order valence-corrected chi connectivity index (χ3v) is 2.54. The molecule has 0 spiro atoms. The second kappa shape index (κ2) is 5.27. The Balaban J connectivity index is 3.03. The van der Waals surface area contributed by atoms with Gasteiger partial charge in [-0.15, -0.1) is 12.3 Å². The van der Waals surface area contributed by atoms with Crippen LogP contribution in [0.15, 0.2) is 30.3 Å². The van der Waals surface area contributed by atoms with Gasteiger partial charge in [0.15, 0.2) is 5.78 Å². The molecule has 1 aromatic rings. The number of terminal acetylenes is 1. The summed E-state index contributed by atoms with van der Waals surface area (Å²) in [7, 11) is 0. The molecule has 2 atom stereocenters. The fourth-order valence-electron chi connectivity index (χ4n) is 1.64. The van der Waals surface area contributed by atoms with Crippen LogP contribution in [0.3, 0.4) is 0 Å². The zero-order chi connectivity index (χ0) is 12.1. The van der Waals surface area contributed by atoms with Crippen LogP contribution in [-0.2, 0) is 4.79 Å². The Kier molecular flexibility index (Phi) is 4.02. The molecule has 0 heterocycles. The highest BCUT2D eigenvalue weighted by Gasteiger charge is 2.28. The Hall–Kier alpha value is -1.88. The topological polar surface area (TPSA) is 34.1 Å². The van der Waals surface area contributed by atoms with Crippen molar-refractivity contribution in [2.45, 2.75) is 13.8 Å². The summed E-state index contributed by atoms with van der Waals surface area (Å²) in [6.07, 6.45) is 5.27. The molecule has 82 valence electrons. The minimum Gasteiger partial charge on any atom is -0.299 e. The lowest BCUT2D eigenvalue weighted by atomic mass is 9.84. The van der Waals surface area contributed by atoms with Crippen molar-refractivity contribution >= 4 is 11.6 Å². The number of ketones is 2. The van der Waals surface area contributed by atoms with E-state index in [2.05, 4.69) is 5.92 Å². The molecule has 0 N–H and O–H groups in total. The monoisotopic (exact) mass is 214 g/mol. The van der Waals surface area contributed by atoms with Crippen LogP contribution in [0.5, 0.6) is 0 Å². The maximum Gasteiger partial charge on any atom is 0.174 e. The van der Waals surface area contributed by atoms with E-state index in [9.17, 15) is 9.59 Å². The van der Waals surface area contributed by atoms with Gasteiger partial charge in [-0.25, -0.2) is 0 Å². The number of rotatable bonds is 4. The molecule has 0 aliphatic heterocycles. The van der Waals surface area contributed by atoms with Crippen LogP contribution in [0.4, 0.5) is 0 Å². The second-order valence-electron chi connectivity index (χ2n) is 3.77. The van der Waals surface area contributed by atoms with E-state index >= 15 is 0 Å². The highest BCUT2D eigenvalue weighted by Crippen LogP contribution is 2.18. The standard InChI is InChI=1S/C14H14O2/c1-4-10(2)13(11(3)15)14(16)12-8-6-5-7-9-12/h1,5-10,13H,2-3H3. The summed E-state index contributed by atoms with van der Waals surface area (Å²) in [5.74, 6) is 0.979. The number of carbonyl (C=O) groups is 2. The minimum absolute atomic E-state index is 0.181. The van der Waals surface area contributed by atoms with Gasteiger partial charge in [-0.05, 0) is 6.92 Å². The molecule has 0 saturated heterocycles. The summed E-state index contributed by atoms with van der Waals surface area (Å²) in [4.78, 5) is 23.5. The Morgan fingerprint density at radius 2 is 1.81 bits per heavy atom. The van der Waals surface area contributed by atoms with E-state index in [1.165, 1.54) is 6.92 Å². The van der Waals surface area contributed by atoms with Crippen LogP contribution in [0, 0.1) is 24.2 Å². The quantitative estimate of drug-likeness (QED) is 0.438. The van der Waals surface area contributed by atoms with Gasteiger partial charge in [-0.1, -0.05) is 37.3 Å². The van der Waals surface area contributed by atoms with Crippen molar-refractivity contribution in [1.29, 1.82) is 0 Å². The zero-order valence-electron chi connectivity index (χ0n) is 9.44. The molecule has 2 heteroatoms. The lowest BCUT2D eigenvalue weighted by Crippen LogP contribution is -2.27. The molecular weight excluding hydrogens is 200 g/mol. The Labute approximate surface area is 95.7 Å². The van der Waals surface area contributed by atoms with Crippen molar-refractivity contribution in [2.24, 2.45) is 11.8 Å². The summed E-state index contributed by atoms with van der Waals surface area (Å²) in [6, 6.07) is 8.75. The van der Waals surface area contributed by atoms with Crippen molar-refractivity contribution in [3.05, 3.63) is 35.9 Å². The normalized spacial score (nSPS) is 13.6. The number of Topliss-reactive ketones (excluding diaryl/α,β-unsaturated/α-hetero) is 2. The SMILES string of the molecule is C#CC(C)C(C(C)=O)C(=O)c1ccccc1. The summed E-state index contributed by atoms with van der Waals surface area (Å²) >= 11 is 0. The lowest BCUT2D eigenvalue weighted by Gasteiger charge is -2.15. The van der Waals surface area contributed by atoms with Gasteiger partial charge in [0, 0.05) is 11.5 Å². The smallest absolute Gasteiger partial charge is 0.174 e. The van der Waals surface area contributed by atoms with Gasteiger partial charge in [0.2, 0.25) is 0 Å². The largest absolute Gasteiger partial charge is 0.299 e. The first-order chi connectivity index (χ1) is 7.57. The molecule has 0 aromatic heterocycles. The van der Waals surface area contributed by atoms with Crippen LogP contribution in [-0.4, -0.2) is 11.6 Å². The fraction of sp³-hybridized carbons (Fsp3) is 0.286. The first-order valence-corrected chi connectivity index (χ1v) is 5.13. The van der Waals surface area contributed by atoms with E-state index in [0.717, 1.165) is 0 Å². The van der Waals surface area contributed by atoms with Gasteiger partial charge in [0.25, 0.3) is 0 Å². The van der Waals surface area contributed by atoms with Crippen molar-refractivity contribution in [3.63, 3.8) is 0 Å². The highest BCUT2D eigenvalue weighted by molar-refractivity contribution is 6.10. The molecule has 0 bridgehead atoms. The zero-order valence-corrected chi connectivity index (χ0v) is 9.44. The van der Waals surface area contributed by atoms with E-state index in [1.807, 2.05) is 6.07 Å². The average Bonchev–Trinajstić information content (AvgIpc) is 2.29. The molecule has 0 amide bonds. The van der Waals surface area contributed by atoms with Gasteiger partial charge >= 0.3 is 0 Å². The van der Waals surface area contributed by atoms with Crippen LogP contribution in [0.2, 0.25) is 0 Å². The second-order valence-corrected chi connectivity index (χ2v) is 3.77. The Morgan fingerprint density at radius 1 is 1.25 bits per heavy atom. The number of benzene rings is 1. The van der Waals surface area contributed by atoms with Crippen molar-refractivity contribution in [3.8, 4) is 12.3 Å². The first kappa shape index (κ1) is 12.2. The molecule has 1 rings (SSSR count). The fourth-order valence-corrected chi connectivity index (χ4v) is 1.64. The lowest BCUT2D eigenvalue weighted by molar-refractivity contribution is -0.120. The molecular formula is C14H14O2. The van der Waals surface area contributed by atoms with E-state index < -0.39 is 5.92 Å². The number of hydrogen-bond donors (Lipinski definition) is 0. The average molecular weight is 214 g/mol. The van der Waals surface area contributed by atoms with E-state index in [4.69, 9.17) is 6.42 Å². The summed E-state index contributed by atoms with van der Waals surface area (Å²) < 4.78 is 0. The number of carbonyl (C=O) groups excluding carboxylic acids is 2. The molecule has 0 radical (unpaired) electrons. The van der Waals surface area contributed by atoms with Gasteiger partial charge in [-0.2, -0.15) is 0 Å². The Bertz CT molecular complexity index is 426. The minimum atomic E-state index is -0.729. The summed E-state index contributed by atoms with van der Waals surface area (Å²) in [6.45, 7) is 3.12. The molecule has 2 unspecified atom stereocenters. The Morgan fingerprint density at radius 3 is 2.25 bits per heavy atom. The first-order valence-electron chi connectivity index (χ1n) is 5.13. The predicted octanol–water partition coefficient (Wildman–Crippen LogP) is 2.34. The van der Waals surface area contributed by atoms with Gasteiger partial charge in [0.1, 0.15) is 5.78 Å². The van der Waals surface area contributed by atoms with Crippen molar-refractivity contribution in [2.75, 3.05) is 0 Å². The van der Waals surface area contributed by atoms with E-state index in [1.54, 1.807) is 31.2 Å². The summed E-state index contributed by atoms with van der Waals surface area (Å²) in [5, 5.41) is 0. The van der Waals surface area contributed by atoms with Crippen molar-refractivity contribution in [1.82, 2.24) is 0 Å². The van der Waals surface area contributed by atoms with Gasteiger partial charge in [-0.3, -0.25) is 9.59 Å².